The van der Waals surface area contributed by atoms with Crippen LogP contribution in [0.3, 0.4) is 0 Å². The molecule has 148 valence electrons. The lowest BCUT2D eigenvalue weighted by Crippen LogP contribution is -2.56. The van der Waals surface area contributed by atoms with Crippen LogP contribution in [0.4, 0.5) is 13.2 Å². The standard InChI is InChI=1S/C17H21F3N4O2S/c18-17(19,20)10-22-3-1-14(16(22)26)23-6-11(7-23)8-24-15(25)5-12-9-27-4-2-13(12)21-24/h5,11,14H,1-4,6-10H2. The Balaban J connectivity index is 1.33. The van der Waals surface area contributed by atoms with Gasteiger partial charge in [-0.15, -0.1) is 0 Å². The van der Waals surface area contributed by atoms with Crippen molar-refractivity contribution in [2.75, 3.05) is 31.9 Å². The maximum Gasteiger partial charge on any atom is 0.406 e. The molecular weight excluding hydrogens is 381 g/mol. The van der Waals surface area contributed by atoms with Gasteiger partial charge in [-0.2, -0.15) is 30.0 Å². The molecule has 0 spiro atoms. The fraction of sp³-hybridized carbons (Fsp3) is 0.706. The molecule has 0 aromatic carbocycles. The molecule has 10 heteroatoms. The van der Waals surface area contributed by atoms with Gasteiger partial charge in [0.1, 0.15) is 6.54 Å². The number of likely N-dealkylation sites (tertiary alicyclic amines) is 2. The lowest BCUT2D eigenvalue weighted by molar-refractivity contribution is -0.160. The van der Waals surface area contributed by atoms with Gasteiger partial charge in [0.05, 0.1) is 18.3 Å². The molecule has 4 rings (SSSR count). The summed E-state index contributed by atoms with van der Waals surface area (Å²) in [6.07, 6.45) is -3.07. The molecule has 1 aromatic rings. The van der Waals surface area contributed by atoms with Crippen molar-refractivity contribution in [3.05, 3.63) is 27.7 Å². The highest BCUT2D eigenvalue weighted by atomic mass is 32.2. The predicted octanol–water partition coefficient (Wildman–Crippen LogP) is 1.13. The van der Waals surface area contributed by atoms with E-state index in [2.05, 4.69) is 5.10 Å². The van der Waals surface area contributed by atoms with Crippen LogP contribution in [-0.2, 0) is 23.5 Å². The molecule has 0 saturated carbocycles. The lowest BCUT2D eigenvalue weighted by atomic mass is 9.97. The number of fused-ring (bicyclic) bond motifs is 1. The Morgan fingerprint density at radius 1 is 1.26 bits per heavy atom. The average Bonchev–Trinajstić information content (AvgIpc) is 2.89. The highest BCUT2D eigenvalue weighted by Crippen LogP contribution is 2.28. The average molecular weight is 402 g/mol. The molecule has 1 aromatic heterocycles. The Morgan fingerprint density at radius 3 is 2.78 bits per heavy atom. The first-order valence-corrected chi connectivity index (χ1v) is 10.2. The number of hydrogen-bond acceptors (Lipinski definition) is 5. The van der Waals surface area contributed by atoms with Gasteiger partial charge in [0.15, 0.2) is 0 Å². The number of carbonyl (C=O) groups is 1. The summed E-state index contributed by atoms with van der Waals surface area (Å²) in [5.41, 5.74) is 1.89. The van der Waals surface area contributed by atoms with Gasteiger partial charge in [0, 0.05) is 43.8 Å². The predicted molar refractivity (Wildman–Crippen MR) is 94.5 cm³/mol. The van der Waals surface area contributed by atoms with Crippen molar-refractivity contribution in [3.8, 4) is 0 Å². The van der Waals surface area contributed by atoms with E-state index in [1.54, 1.807) is 17.8 Å². The summed E-state index contributed by atoms with van der Waals surface area (Å²) in [5, 5.41) is 4.50. The summed E-state index contributed by atoms with van der Waals surface area (Å²) < 4.78 is 39.1. The van der Waals surface area contributed by atoms with Crippen molar-refractivity contribution in [1.29, 1.82) is 0 Å². The second-order valence-electron chi connectivity index (χ2n) is 7.44. The van der Waals surface area contributed by atoms with Gasteiger partial charge < -0.3 is 4.90 Å². The summed E-state index contributed by atoms with van der Waals surface area (Å²) in [4.78, 5) is 27.3. The van der Waals surface area contributed by atoms with Crippen molar-refractivity contribution in [2.45, 2.75) is 37.4 Å². The molecule has 6 nitrogen and oxygen atoms in total. The Labute approximate surface area is 158 Å². The number of carbonyl (C=O) groups excluding carboxylic acids is 1. The number of halogens is 3. The molecule has 3 aliphatic heterocycles. The van der Waals surface area contributed by atoms with Crippen molar-refractivity contribution < 1.29 is 18.0 Å². The van der Waals surface area contributed by atoms with Crippen LogP contribution in [0.15, 0.2) is 10.9 Å². The third-order valence-electron chi connectivity index (χ3n) is 5.40. The summed E-state index contributed by atoms with van der Waals surface area (Å²) in [5.74, 6) is 1.59. The van der Waals surface area contributed by atoms with Crippen molar-refractivity contribution in [1.82, 2.24) is 19.6 Å². The molecule has 1 unspecified atom stereocenters. The zero-order valence-corrected chi connectivity index (χ0v) is 15.6. The van der Waals surface area contributed by atoms with Crippen LogP contribution < -0.4 is 5.56 Å². The van der Waals surface area contributed by atoms with Crippen LogP contribution in [0.5, 0.6) is 0 Å². The van der Waals surface area contributed by atoms with Gasteiger partial charge in [0.2, 0.25) is 5.91 Å². The Bertz CT molecular complexity index is 791. The van der Waals surface area contributed by atoms with Gasteiger partial charge in [-0.3, -0.25) is 14.5 Å². The minimum Gasteiger partial charge on any atom is -0.332 e. The van der Waals surface area contributed by atoms with Gasteiger partial charge in [-0.05, 0) is 17.7 Å². The molecule has 0 N–H and O–H groups in total. The quantitative estimate of drug-likeness (QED) is 0.756. The number of nitrogens with zero attached hydrogens (tertiary/aromatic N) is 4. The van der Waals surface area contributed by atoms with E-state index in [1.165, 1.54) is 4.68 Å². The van der Waals surface area contributed by atoms with Gasteiger partial charge in [0.25, 0.3) is 5.56 Å². The van der Waals surface area contributed by atoms with E-state index in [4.69, 9.17) is 0 Å². The summed E-state index contributed by atoms with van der Waals surface area (Å²) >= 11 is 1.80. The molecule has 4 heterocycles. The Kier molecular flexibility index (Phi) is 4.96. The zero-order valence-electron chi connectivity index (χ0n) is 14.7. The van der Waals surface area contributed by atoms with E-state index in [0.717, 1.165) is 34.1 Å². The second kappa shape index (κ2) is 7.12. The molecule has 3 aliphatic rings. The molecule has 1 atom stereocenters. The van der Waals surface area contributed by atoms with E-state index in [0.29, 0.717) is 26.1 Å². The van der Waals surface area contributed by atoms with Crippen LogP contribution in [0.25, 0.3) is 0 Å². The Hall–Kier alpha value is -1.55. The minimum atomic E-state index is -4.36. The fourth-order valence-corrected chi connectivity index (χ4v) is 4.99. The zero-order chi connectivity index (χ0) is 19.2. The number of hydrogen-bond donors (Lipinski definition) is 0. The largest absolute Gasteiger partial charge is 0.406 e. The summed E-state index contributed by atoms with van der Waals surface area (Å²) in [7, 11) is 0. The third-order valence-corrected chi connectivity index (χ3v) is 6.41. The normalized spacial score (nSPS) is 24.2. The first-order valence-electron chi connectivity index (χ1n) is 9.07. The molecular formula is C17H21F3N4O2S. The monoisotopic (exact) mass is 402 g/mol. The van der Waals surface area contributed by atoms with E-state index in [-0.39, 0.29) is 18.0 Å². The maximum atomic E-state index is 12.5. The van der Waals surface area contributed by atoms with E-state index >= 15 is 0 Å². The van der Waals surface area contributed by atoms with Crippen molar-refractivity contribution in [3.63, 3.8) is 0 Å². The third kappa shape index (κ3) is 4.01. The number of rotatable bonds is 4. The van der Waals surface area contributed by atoms with Crippen LogP contribution in [0.1, 0.15) is 17.7 Å². The van der Waals surface area contributed by atoms with Gasteiger partial charge >= 0.3 is 6.18 Å². The molecule has 2 saturated heterocycles. The Morgan fingerprint density at radius 2 is 2.04 bits per heavy atom. The van der Waals surface area contributed by atoms with Crippen LogP contribution in [0, 0.1) is 5.92 Å². The molecule has 2 fully saturated rings. The maximum absolute atomic E-state index is 12.5. The summed E-state index contributed by atoms with van der Waals surface area (Å²) in [6.45, 7) is 0.678. The lowest BCUT2D eigenvalue weighted by Gasteiger charge is -2.42. The number of aryl methyl sites for hydroxylation is 1. The molecule has 1 amide bonds. The number of thioether (sulfide) groups is 1. The molecule has 0 radical (unpaired) electrons. The fourth-order valence-electron chi connectivity index (χ4n) is 4.04. The van der Waals surface area contributed by atoms with E-state index in [9.17, 15) is 22.8 Å². The number of amides is 1. The number of aromatic nitrogens is 2. The first kappa shape index (κ1) is 18.8. The first-order chi connectivity index (χ1) is 12.8. The SMILES string of the molecule is O=C1C(N2CC(Cn3nc4c(cc3=O)CSCC4)C2)CCN1CC(F)(F)F. The molecule has 0 aliphatic carbocycles. The van der Waals surface area contributed by atoms with Gasteiger partial charge in [-0.25, -0.2) is 4.68 Å². The molecule has 0 bridgehead atoms. The highest BCUT2D eigenvalue weighted by Gasteiger charge is 2.44. The highest BCUT2D eigenvalue weighted by molar-refractivity contribution is 7.98. The van der Waals surface area contributed by atoms with Crippen LogP contribution >= 0.6 is 11.8 Å². The van der Waals surface area contributed by atoms with Crippen molar-refractivity contribution in [2.24, 2.45) is 5.92 Å². The topological polar surface area (TPSA) is 58.4 Å². The minimum absolute atomic E-state index is 0.108. The van der Waals surface area contributed by atoms with Crippen LogP contribution in [0.2, 0.25) is 0 Å². The van der Waals surface area contributed by atoms with E-state index in [1.807, 2.05) is 4.90 Å². The van der Waals surface area contributed by atoms with Crippen LogP contribution in [-0.4, -0.2) is 69.6 Å². The van der Waals surface area contributed by atoms with Crippen molar-refractivity contribution >= 4 is 17.7 Å². The molecule has 27 heavy (non-hydrogen) atoms. The van der Waals surface area contributed by atoms with Gasteiger partial charge in [-0.1, -0.05) is 0 Å². The second-order valence-corrected chi connectivity index (χ2v) is 8.54. The number of alkyl halides is 3. The smallest absolute Gasteiger partial charge is 0.332 e. The van der Waals surface area contributed by atoms with E-state index < -0.39 is 24.7 Å². The summed E-state index contributed by atoms with van der Waals surface area (Å²) in [6, 6.07) is 1.20.